The second-order valence-corrected chi connectivity index (χ2v) is 11.6. The molecule has 210 valence electrons. The van der Waals surface area contributed by atoms with Crippen LogP contribution in [-0.2, 0) is 10.1 Å². The summed E-state index contributed by atoms with van der Waals surface area (Å²) >= 11 is 1.35. The number of hydrogen-bond donors (Lipinski definition) is 2. The number of thiophene rings is 1. The van der Waals surface area contributed by atoms with Gasteiger partial charge >= 0.3 is 0 Å². The van der Waals surface area contributed by atoms with Crippen LogP contribution < -0.4 is 9.47 Å². The molecule has 6 nitrogen and oxygen atoms in total. The summed E-state index contributed by atoms with van der Waals surface area (Å²) in [6, 6.07) is 13.1. The molecular weight excluding hydrogens is 532 g/mol. The summed E-state index contributed by atoms with van der Waals surface area (Å²) in [5.74, 6) is 7.08. The fraction of sp³-hybridized carbons (Fsp3) is 0.419. The third kappa shape index (κ3) is 9.70. The van der Waals surface area contributed by atoms with Gasteiger partial charge in [-0.3, -0.25) is 4.55 Å². The zero-order valence-electron chi connectivity index (χ0n) is 22.7. The van der Waals surface area contributed by atoms with Gasteiger partial charge in [-0.25, -0.2) is 0 Å². The molecule has 0 spiro atoms. The lowest BCUT2D eigenvalue weighted by Crippen LogP contribution is -2.02. The van der Waals surface area contributed by atoms with Crippen molar-refractivity contribution in [1.82, 2.24) is 0 Å². The van der Waals surface area contributed by atoms with Gasteiger partial charge in [0.05, 0.1) is 11.5 Å². The fourth-order valence-corrected chi connectivity index (χ4v) is 5.70. The summed E-state index contributed by atoms with van der Waals surface area (Å²) < 4.78 is 45.6. The highest BCUT2D eigenvalue weighted by Crippen LogP contribution is 2.38. The first kappa shape index (κ1) is 30.7. The Morgan fingerprint density at radius 1 is 0.897 bits per heavy atom. The van der Waals surface area contributed by atoms with Crippen LogP contribution in [0.3, 0.4) is 0 Å². The standard InChI is InChI=1S/C31H38O6S2/c1-3-5-6-7-8-9-10-11-12-13-14-28(32)31-27(21-22-38-31)24-15-20-29(30(23-24)39(33,34)35)37-26-18-16-25(17-19-26)36-4-2/h15-23,28,32H,3-12H2,1-2H3,(H,33,34,35). The van der Waals surface area contributed by atoms with Crippen molar-refractivity contribution in [2.75, 3.05) is 6.61 Å². The number of aliphatic hydroxyl groups is 1. The van der Waals surface area contributed by atoms with Gasteiger partial charge in [-0.2, -0.15) is 8.42 Å². The molecule has 0 fully saturated rings. The third-order valence-corrected chi connectivity index (χ3v) is 8.08. The first-order chi connectivity index (χ1) is 18.8. The molecule has 0 saturated carbocycles. The second-order valence-electron chi connectivity index (χ2n) is 9.29. The van der Waals surface area contributed by atoms with E-state index < -0.39 is 16.2 Å². The van der Waals surface area contributed by atoms with E-state index in [0.717, 1.165) is 19.3 Å². The van der Waals surface area contributed by atoms with Gasteiger partial charge in [0, 0.05) is 6.42 Å². The predicted molar refractivity (Wildman–Crippen MR) is 157 cm³/mol. The van der Waals surface area contributed by atoms with Crippen molar-refractivity contribution in [2.45, 2.75) is 82.6 Å². The smallest absolute Gasteiger partial charge is 0.298 e. The van der Waals surface area contributed by atoms with Crippen molar-refractivity contribution in [3.63, 3.8) is 0 Å². The van der Waals surface area contributed by atoms with Gasteiger partial charge in [-0.05, 0) is 72.3 Å². The molecule has 3 rings (SSSR count). The predicted octanol–water partition coefficient (Wildman–Crippen LogP) is 8.42. The molecule has 0 aliphatic carbocycles. The van der Waals surface area contributed by atoms with Crippen LogP contribution in [0.2, 0.25) is 0 Å². The summed E-state index contributed by atoms with van der Waals surface area (Å²) in [5.41, 5.74) is 1.19. The van der Waals surface area contributed by atoms with Gasteiger partial charge in [0.15, 0.2) is 0 Å². The summed E-state index contributed by atoms with van der Waals surface area (Å²) in [4.78, 5) is 0.265. The Labute approximate surface area is 236 Å². The molecule has 0 amide bonds. The molecule has 2 aromatic carbocycles. The highest BCUT2D eigenvalue weighted by molar-refractivity contribution is 7.86. The van der Waals surface area contributed by atoms with Crippen molar-refractivity contribution in [3.05, 3.63) is 58.8 Å². The molecule has 1 unspecified atom stereocenters. The Balaban J connectivity index is 1.68. The lowest BCUT2D eigenvalue weighted by Gasteiger charge is -2.13. The summed E-state index contributed by atoms with van der Waals surface area (Å²) in [6.07, 6.45) is 9.58. The Kier molecular flexibility index (Phi) is 12.3. The van der Waals surface area contributed by atoms with Crippen LogP contribution in [0.4, 0.5) is 0 Å². The van der Waals surface area contributed by atoms with Crippen LogP contribution >= 0.6 is 11.3 Å². The summed E-state index contributed by atoms with van der Waals surface area (Å²) in [7, 11) is -4.59. The average molecular weight is 571 g/mol. The maximum Gasteiger partial charge on any atom is 0.298 e. The van der Waals surface area contributed by atoms with Gasteiger partial charge in [0.1, 0.15) is 28.2 Å². The topological polar surface area (TPSA) is 93.1 Å². The van der Waals surface area contributed by atoms with Crippen LogP contribution in [0.5, 0.6) is 17.2 Å². The fourth-order valence-electron chi connectivity index (χ4n) is 4.21. The molecule has 39 heavy (non-hydrogen) atoms. The van der Waals surface area contributed by atoms with Crippen LogP contribution in [-0.4, -0.2) is 24.7 Å². The number of hydrogen-bond acceptors (Lipinski definition) is 6. The Morgan fingerprint density at radius 3 is 2.23 bits per heavy atom. The van der Waals surface area contributed by atoms with E-state index in [2.05, 4.69) is 18.8 Å². The van der Waals surface area contributed by atoms with Crippen molar-refractivity contribution in [1.29, 1.82) is 0 Å². The van der Waals surface area contributed by atoms with Crippen LogP contribution in [0.1, 0.15) is 82.6 Å². The molecular formula is C31H38O6S2. The molecule has 1 heterocycles. The van der Waals surface area contributed by atoms with Gasteiger partial charge in [0.25, 0.3) is 10.1 Å². The van der Waals surface area contributed by atoms with Gasteiger partial charge in [0.2, 0.25) is 0 Å². The van der Waals surface area contributed by atoms with Gasteiger partial charge in [-0.1, -0.05) is 63.9 Å². The van der Waals surface area contributed by atoms with E-state index in [1.54, 1.807) is 36.4 Å². The quantitative estimate of drug-likeness (QED) is 0.108. The molecule has 8 heteroatoms. The molecule has 3 aromatic rings. The second kappa shape index (κ2) is 15.7. The first-order valence-corrected chi connectivity index (χ1v) is 15.9. The van der Waals surface area contributed by atoms with Crippen LogP contribution in [0.25, 0.3) is 11.1 Å². The minimum absolute atomic E-state index is 0.00658. The van der Waals surface area contributed by atoms with Crippen molar-refractivity contribution in [3.8, 4) is 40.2 Å². The molecule has 2 N–H and O–H groups in total. The van der Waals surface area contributed by atoms with Crippen molar-refractivity contribution < 1.29 is 27.6 Å². The Bertz CT molecular complexity index is 1330. The van der Waals surface area contributed by atoms with E-state index in [0.29, 0.717) is 34.1 Å². The lowest BCUT2D eigenvalue weighted by atomic mass is 10.0. The summed E-state index contributed by atoms with van der Waals surface area (Å²) in [5, 5.41) is 12.6. The molecule has 0 aliphatic rings. The van der Waals surface area contributed by atoms with Crippen molar-refractivity contribution >= 4 is 21.5 Å². The third-order valence-electron chi connectivity index (χ3n) is 6.23. The lowest BCUT2D eigenvalue weighted by molar-refractivity contribution is 0.242. The van der Waals surface area contributed by atoms with E-state index in [9.17, 15) is 18.1 Å². The molecule has 0 saturated heterocycles. The molecule has 1 atom stereocenters. The zero-order chi connectivity index (χ0) is 28.1. The average Bonchev–Trinajstić information content (AvgIpc) is 3.41. The monoisotopic (exact) mass is 570 g/mol. The highest BCUT2D eigenvalue weighted by atomic mass is 32.2. The maximum atomic E-state index is 12.2. The Hall–Kier alpha value is -2.83. The zero-order valence-corrected chi connectivity index (χ0v) is 24.3. The van der Waals surface area contributed by atoms with E-state index in [4.69, 9.17) is 9.47 Å². The van der Waals surface area contributed by atoms with Gasteiger partial charge < -0.3 is 14.6 Å². The summed E-state index contributed by atoms with van der Waals surface area (Å²) in [6.45, 7) is 4.63. The maximum absolute atomic E-state index is 12.2. The number of ether oxygens (including phenoxy) is 2. The number of aliphatic hydroxyl groups excluding tert-OH is 1. The number of benzene rings is 2. The van der Waals surface area contributed by atoms with E-state index in [1.165, 1.54) is 62.0 Å². The minimum atomic E-state index is -4.59. The van der Waals surface area contributed by atoms with Crippen LogP contribution in [0.15, 0.2) is 58.8 Å². The van der Waals surface area contributed by atoms with E-state index in [1.807, 2.05) is 12.3 Å². The highest BCUT2D eigenvalue weighted by Gasteiger charge is 2.21. The first-order valence-electron chi connectivity index (χ1n) is 13.6. The number of rotatable bonds is 15. The SMILES string of the molecule is CCCCCCCCCCC#CC(O)c1sccc1-c1ccc(Oc2ccc(OCC)cc2)c(S(=O)(=O)O)c1. The van der Waals surface area contributed by atoms with Crippen LogP contribution in [0, 0.1) is 11.8 Å². The number of unbranched alkanes of at least 4 members (excludes halogenated alkanes) is 8. The largest absolute Gasteiger partial charge is 0.494 e. The molecule has 0 aliphatic heterocycles. The molecule has 0 bridgehead atoms. The molecule has 0 radical (unpaired) electrons. The molecule has 1 aromatic heterocycles. The van der Waals surface area contributed by atoms with E-state index in [-0.39, 0.29) is 10.6 Å². The van der Waals surface area contributed by atoms with Crippen molar-refractivity contribution in [2.24, 2.45) is 0 Å². The minimum Gasteiger partial charge on any atom is -0.494 e. The normalized spacial score (nSPS) is 12.0. The van der Waals surface area contributed by atoms with Gasteiger partial charge in [-0.15, -0.1) is 17.3 Å². The Morgan fingerprint density at radius 2 is 1.56 bits per heavy atom. The van der Waals surface area contributed by atoms with E-state index >= 15 is 0 Å².